The molecule has 3 aromatic rings. The number of rotatable bonds is 3. The number of aromatic nitrogens is 1. The molecule has 142 valence electrons. The molecule has 3 rings (SSSR count). The van der Waals surface area contributed by atoms with Crippen LogP contribution in [0.1, 0.15) is 32.7 Å². The highest BCUT2D eigenvalue weighted by Gasteiger charge is 2.31. The molecule has 1 heterocycles. The zero-order chi connectivity index (χ0) is 20.1. The molecule has 0 aliphatic carbocycles. The van der Waals surface area contributed by atoms with Crippen LogP contribution in [0.25, 0.3) is 10.8 Å². The summed E-state index contributed by atoms with van der Waals surface area (Å²) in [5.74, 6) is -1.18. The maximum absolute atomic E-state index is 13.1. The minimum Gasteiger partial charge on any atom is -0.478 e. The van der Waals surface area contributed by atoms with Crippen LogP contribution in [0.4, 0.5) is 13.2 Å². The van der Waals surface area contributed by atoms with E-state index in [1.165, 1.54) is 12.1 Å². The summed E-state index contributed by atoms with van der Waals surface area (Å²) in [4.78, 5) is 11.3. The van der Waals surface area contributed by atoms with Crippen molar-refractivity contribution in [2.24, 2.45) is 0 Å². The van der Waals surface area contributed by atoms with E-state index in [0.29, 0.717) is 27.6 Å². The summed E-state index contributed by atoms with van der Waals surface area (Å²) >= 11 is 12.4. The van der Waals surface area contributed by atoms with E-state index in [-0.39, 0.29) is 22.2 Å². The van der Waals surface area contributed by atoms with E-state index in [0.717, 1.165) is 12.1 Å². The van der Waals surface area contributed by atoms with E-state index in [4.69, 9.17) is 23.2 Å². The van der Waals surface area contributed by atoms with Gasteiger partial charge in [-0.25, -0.2) is 4.79 Å². The van der Waals surface area contributed by atoms with Crippen LogP contribution in [-0.4, -0.2) is 15.6 Å². The molecular formula is C19H14Cl2F3NO2. The number of aryl methyl sites for hydroxylation is 2. The van der Waals surface area contributed by atoms with Gasteiger partial charge in [0.1, 0.15) is 0 Å². The fraction of sp³-hybridized carbons (Fsp3) is 0.211. The van der Waals surface area contributed by atoms with Crippen molar-refractivity contribution in [2.75, 3.05) is 0 Å². The minimum absolute atomic E-state index is 0.0138. The van der Waals surface area contributed by atoms with Crippen molar-refractivity contribution in [1.82, 2.24) is 4.57 Å². The Kier molecular flexibility index (Phi) is 4.91. The van der Waals surface area contributed by atoms with Gasteiger partial charge in [-0.2, -0.15) is 13.2 Å². The first-order valence-electron chi connectivity index (χ1n) is 7.88. The number of carboxylic acid groups (broad SMARTS) is 1. The highest BCUT2D eigenvalue weighted by Crippen LogP contribution is 2.36. The van der Waals surface area contributed by atoms with Crippen LogP contribution in [0.2, 0.25) is 10.0 Å². The molecule has 1 aromatic heterocycles. The van der Waals surface area contributed by atoms with Gasteiger partial charge in [-0.3, -0.25) is 0 Å². The van der Waals surface area contributed by atoms with Gasteiger partial charge in [0.05, 0.1) is 22.7 Å². The van der Waals surface area contributed by atoms with Crippen molar-refractivity contribution in [3.8, 4) is 0 Å². The molecule has 0 saturated heterocycles. The van der Waals surface area contributed by atoms with Crippen molar-refractivity contribution in [3.05, 3.63) is 68.5 Å². The quantitative estimate of drug-likeness (QED) is 0.542. The molecule has 2 aromatic carbocycles. The lowest BCUT2D eigenvalue weighted by molar-refractivity contribution is -0.137. The molecule has 0 atom stereocenters. The van der Waals surface area contributed by atoms with Gasteiger partial charge in [0.15, 0.2) is 0 Å². The Morgan fingerprint density at radius 1 is 1.15 bits per heavy atom. The predicted octanol–water partition coefficient (Wildman–Crippen LogP) is 6.33. The van der Waals surface area contributed by atoms with Crippen LogP contribution in [0.5, 0.6) is 0 Å². The summed E-state index contributed by atoms with van der Waals surface area (Å²) in [7, 11) is 0. The van der Waals surface area contributed by atoms with Gasteiger partial charge in [-0.1, -0.05) is 23.2 Å². The van der Waals surface area contributed by atoms with E-state index in [1.54, 1.807) is 24.6 Å². The van der Waals surface area contributed by atoms with Crippen molar-refractivity contribution in [2.45, 2.75) is 26.6 Å². The highest BCUT2D eigenvalue weighted by molar-refractivity contribution is 6.37. The molecule has 0 fully saturated rings. The standard InChI is InChI=1S/C19H14Cl2F3NO2/c1-9-5-11(19(22,23)24)6-13-10(2)25(7-14(9)13)8-15-16(20)4-3-12(17(15)21)18(26)27/h3-7H,8H2,1-2H3,(H,26,27). The van der Waals surface area contributed by atoms with Crippen LogP contribution >= 0.6 is 23.2 Å². The Morgan fingerprint density at radius 3 is 2.41 bits per heavy atom. The number of nitrogens with zero attached hydrogens (tertiary/aromatic N) is 1. The monoisotopic (exact) mass is 415 g/mol. The predicted molar refractivity (Wildman–Crippen MR) is 98.9 cm³/mol. The molecule has 1 N–H and O–H groups in total. The number of fused-ring (bicyclic) bond motifs is 1. The maximum Gasteiger partial charge on any atom is 0.416 e. The molecule has 3 nitrogen and oxygen atoms in total. The summed E-state index contributed by atoms with van der Waals surface area (Å²) in [6.07, 6.45) is -2.71. The maximum atomic E-state index is 13.1. The van der Waals surface area contributed by atoms with Gasteiger partial charge in [0.2, 0.25) is 0 Å². The van der Waals surface area contributed by atoms with Gasteiger partial charge in [0, 0.05) is 33.2 Å². The van der Waals surface area contributed by atoms with Crippen LogP contribution in [0.3, 0.4) is 0 Å². The summed E-state index contributed by atoms with van der Waals surface area (Å²) in [6, 6.07) is 4.98. The first-order valence-corrected chi connectivity index (χ1v) is 8.63. The fourth-order valence-corrected chi connectivity index (χ4v) is 3.65. The number of carbonyl (C=O) groups is 1. The van der Waals surface area contributed by atoms with E-state index in [9.17, 15) is 23.1 Å². The summed E-state index contributed by atoms with van der Waals surface area (Å²) in [5.41, 5.74) is 0.707. The molecule has 0 aliphatic rings. The van der Waals surface area contributed by atoms with Gasteiger partial charge in [0.25, 0.3) is 0 Å². The Morgan fingerprint density at radius 2 is 1.81 bits per heavy atom. The van der Waals surface area contributed by atoms with E-state index in [1.807, 2.05) is 0 Å². The van der Waals surface area contributed by atoms with E-state index in [2.05, 4.69) is 0 Å². The van der Waals surface area contributed by atoms with Gasteiger partial charge >= 0.3 is 12.1 Å². The lowest BCUT2D eigenvalue weighted by atomic mass is 10.0. The molecular weight excluding hydrogens is 402 g/mol. The number of aromatic carboxylic acids is 1. The van der Waals surface area contributed by atoms with E-state index >= 15 is 0 Å². The summed E-state index contributed by atoms with van der Waals surface area (Å²) in [5, 5.41) is 10.7. The van der Waals surface area contributed by atoms with Crippen LogP contribution in [-0.2, 0) is 12.7 Å². The average molecular weight is 416 g/mol. The Bertz CT molecular complexity index is 1070. The lowest BCUT2D eigenvalue weighted by Gasteiger charge is -2.12. The molecule has 0 amide bonds. The Hall–Kier alpha value is -2.18. The third kappa shape index (κ3) is 3.51. The fourth-order valence-electron chi connectivity index (χ4n) is 3.08. The Labute approximate surface area is 162 Å². The molecule has 0 bridgehead atoms. The number of alkyl halides is 3. The van der Waals surface area contributed by atoms with Crippen LogP contribution < -0.4 is 0 Å². The number of hydrogen-bond donors (Lipinski definition) is 1. The van der Waals surface area contributed by atoms with Crippen molar-refractivity contribution < 1.29 is 23.1 Å². The molecule has 0 unspecified atom stereocenters. The zero-order valence-electron chi connectivity index (χ0n) is 14.3. The second-order valence-corrected chi connectivity index (χ2v) is 7.07. The third-order valence-electron chi connectivity index (χ3n) is 4.56. The van der Waals surface area contributed by atoms with Crippen LogP contribution in [0.15, 0.2) is 30.5 Å². The lowest BCUT2D eigenvalue weighted by Crippen LogP contribution is -2.06. The topological polar surface area (TPSA) is 42.2 Å². The largest absolute Gasteiger partial charge is 0.478 e. The van der Waals surface area contributed by atoms with E-state index < -0.39 is 17.7 Å². The molecule has 27 heavy (non-hydrogen) atoms. The van der Waals surface area contributed by atoms with Gasteiger partial charge in [-0.15, -0.1) is 0 Å². The Balaban J connectivity index is 2.15. The first-order chi connectivity index (χ1) is 12.5. The number of halogens is 5. The first kappa shape index (κ1) is 19.6. The third-order valence-corrected chi connectivity index (χ3v) is 5.35. The SMILES string of the molecule is Cc1cc(C(F)(F)F)cc2c(C)n(Cc3c(Cl)ccc(C(=O)O)c3Cl)cc12. The van der Waals surface area contributed by atoms with Gasteiger partial charge in [-0.05, 0) is 43.7 Å². The molecule has 0 spiro atoms. The number of carboxylic acids is 1. The molecule has 0 aliphatic heterocycles. The van der Waals surface area contributed by atoms with Crippen molar-refractivity contribution >= 4 is 39.9 Å². The zero-order valence-corrected chi connectivity index (χ0v) is 15.8. The second kappa shape index (κ2) is 6.77. The van der Waals surface area contributed by atoms with Crippen LogP contribution in [0, 0.1) is 13.8 Å². The normalized spacial score (nSPS) is 12.0. The average Bonchev–Trinajstić information content (AvgIpc) is 2.87. The summed E-state index contributed by atoms with van der Waals surface area (Å²) in [6.45, 7) is 3.46. The number of hydrogen-bond acceptors (Lipinski definition) is 1. The number of benzene rings is 2. The van der Waals surface area contributed by atoms with Crippen molar-refractivity contribution in [1.29, 1.82) is 0 Å². The molecule has 0 radical (unpaired) electrons. The molecule has 0 saturated carbocycles. The second-order valence-electron chi connectivity index (χ2n) is 6.29. The van der Waals surface area contributed by atoms with Gasteiger partial charge < -0.3 is 9.67 Å². The minimum atomic E-state index is -4.43. The smallest absolute Gasteiger partial charge is 0.416 e. The highest BCUT2D eigenvalue weighted by atomic mass is 35.5. The van der Waals surface area contributed by atoms with Crippen molar-refractivity contribution in [3.63, 3.8) is 0 Å². The molecule has 8 heteroatoms. The summed E-state index contributed by atoms with van der Waals surface area (Å²) < 4.78 is 41.0.